The molecule has 3 saturated heterocycles. The van der Waals surface area contributed by atoms with Gasteiger partial charge in [0.2, 0.25) is 0 Å². The average molecular weight is 1020 g/mol. The molecule has 0 amide bonds. The molecule has 3 heterocycles. The minimum absolute atomic E-state index is 0.0598. The third-order valence-corrected chi connectivity index (χ3v) is 16.6. The van der Waals surface area contributed by atoms with E-state index >= 15 is 0 Å². The van der Waals surface area contributed by atoms with Crippen molar-refractivity contribution >= 4 is 17.3 Å². The highest BCUT2D eigenvalue weighted by atomic mass is 16.1. The number of nitrogens with zero attached hydrogens (tertiary/aromatic N) is 1. The summed E-state index contributed by atoms with van der Waals surface area (Å²) in [6.45, 7) is 13.8. The summed E-state index contributed by atoms with van der Waals surface area (Å²) in [5.41, 5.74) is 10.4. The second-order valence-corrected chi connectivity index (χ2v) is 22.5. The fourth-order valence-electron chi connectivity index (χ4n) is 11.4. The van der Waals surface area contributed by atoms with Gasteiger partial charge < -0.3 is 10.6 Å². The molecule has 4 atom stereocenters. The lowest BCUT2D eigenvalue weighted by atomic mass is 9.78. The van der Waals surface area contributed by atoms with Gasteiger partial charge in [0, 0.05) is 47.0 Å². The van der Waals surface area contributed by atoms with Gasteiger partial charge in [-0.1, -0.05) is 217 Å². The third kappa shape index (κ3) is 18.5. The number of carbonyl (C=O) groups is 3. The van der Waals surface area contributed by atoms with Gasteiger partial charge >= 0.3 is 0 Å². The van der Waals surface area contributed by atoms with Crippen LogP contribution in [0.25, 0.3) is 0 Å². The number of piperidine rings is 3. The van der Waals surface area contributed by atoms with Gasteiger partial charge in [-0.25, -0.2) is 0 Å². The van der Waals surface area contributed by atoms with Crippen LogP contribution in [0.3, 0.4) is 0 Å². The van der Waals surface area contributed by atoms with Crippen LogP contribution >= 0.6 is 0 Å². The van der Waals surface area contributed by atoms with E-state index in [-0.39, 0.29) is 22.8 Å². The summed E-state index contributed by atoms with van der Waals surface area (Å²) in [6.07, 6.45) is 18.9. The highest BCUT2D eigenvalue weighted by Gasteiger charge is 2.30. The molecule has 9 rings (SSSR count). The molecule has 0 bridgehead atoms. The molecule has 3 aliphatic rings. The molecule has 0 aliphatic carbocycles. The number of nitrogens with one attached hydrogen (secondary N) is 2. The first-order chi connectivity index (χ1) is 37.1. The topological polar surface area (TPSA) is 78.5 Å². The molecule has 0 spiro atoms. The van der Waals surface area contributed by atoms with Crippen molar-refractivity contribution in [2.45, 2.75) is 154 Å². The van der Waals surface area contributed by atoms with Crippen molar-refractivity contribution in [2.24, 2.45) is 11.8 Å². The van der Waals surface area contributed by atoms with Crippen LogP contribution in [0.5, 0.6) is 0 Å². The molecule has 402 valence electrons. The van der Waals surface area contributed by atoms with Gasteiger partial charge in [-0.05, 0) is 142 Å². The number of carbonyl (C=O) groups excluding carboxylic acids is 3. The highest BCUT2D eigenvalue weighted by molar-refractivity contribution is 5.98. The quantitative estimate of drug-likeness (QED) is 0.0552. The number of ketones is 3. The van der Waals surface area contributed by atoms with Crippen LogP contribution < -0.4 is 10.6 Å². The van der Waals surface area contributed by atoms with Gasteiger partial charge in [0.25, 0.3) is 0 Å². The number of aryl methyl sites for hydroxylation is 4. The van der Waals surface area contributed by atoms with Crippen molar-refractivity contribution < 1.29 is 14.4 Å². The van der Waals surface area contributed by atoms with E-state index in [1.807, 2.05) is 42.5 Å². The monoisotopic (exact) mass is 1020 g/mol. The molecule has 3 aliphatic heterocycles. The summed E-state index contributed by atoms with van der Waals surface area (Å²) >= 11 is 0. The number of hydrogen-bond donors (Lipinski definition) is 2. The van der Waals surface area contributed by atoms with E-state index in [9.17, 15) is 14.4 Å². The van der Waals surface area contributed by atoms with E-state index in [0.29, 0.717) is 37.4 Å². The lowest BCUT2D eigenvalue weighted by Crippen LogP contribution is -2.46. The van der Waals surface area contributed by atoms with Crippen LogP contribution in [0.2, 0.25) is 0 Å². The van der Waals surface area contributed by atoms with Gasteiger partial charge in [-0.3, -0.25) is 19.3 Å². The van der Waals surface area contributed by atoms with Crippen LogP contribution in [0.4, 0.5) is 0 Å². The van der Waals surface area contributed by atoms with Crippen LogP contribution in [0, 0.1) is 11.8 Å². The maximum Gasteiger partial charge on any atom is 0.176 e. The van der Waals surface area contributed by atoms with E-state index < -0.39 is 0 Å². The second kappa shape index (κ2) is 30.8. The van der Waals surface area contributed by atoms with Crippen LogP contribution in [0.1, 0.15) is 176 Å². The summed E-state index contributed by atoms with van der Waals surface area (Å²) < 4.78 is 0. The molecule has 2 N–H and O–H groups in total. The molecular formula is C70H89N3O3. The van der Waals surface area contributed by atoms with Crippen LogP contribution in [-0.4, -0.2) is 67.1 Å². The van der Waals surface area contributed by atoms with Crippen LogP contribution in [-0.2, 0) is 31.1 Å². The Balaban J connectivity index is 0.000000166. The molecule has 4 unspecified atom stereocenters. The summed E-state index contributed by atoms with van der Waals surface area (Å²) in [6, 6.07) is 57.2. The molecule has 0 aromatic heterocycles. The van der Waals surface area contributed by atoms with E-state index in [2.05, 4.69) is 165 Å². The fourth-order valence-corrected chi connectivity index (χ4v) is 11.4. The highest BCUT2D eigenvalue weighted by Crippen LogP contribution is 2.32. The summed E-state index contributed by atoms with van der Waals surface area (Å²) in [7, 11) is 0. The smallest absolute Gasteiger partial charge is 0.176 e. The van der Waals surface area contributed by atoms with E-state index in [0.717, 1.165) is 87.3 Å². The van der Waals surface area contributed by atoms with Gasteiger partial charge in [-0.2, -0.15) is 0 Å². The van der Waals surface area contributed by atoms with Gasteiger partial charge in [-0.15, -0.1) is 0 Å². The van der Waals surface area contributed by atoms with E-state index in [1.54, 1.807) is 0 Å². The first-order valence-corrected chi connectivity index (χ1v) is 29.3. The summed E-state index contributed by atoms with van der Waals surface area (Å²) in [5, 5.41) is 7.11. The Morgan fingerprint density at radius 1 is 0.500 bits per heavy atom. The lowest BCUT2D eigenvalue weighted by Gasteiger charge is -2.36. The first-order valence-electron chi connectivity index (χ1n) is 29.3. The van der Waals surface area contributed by atoms with Crippen molar-refractivity contribution in [1.82, 2.24) is 15.5 Å². The van der Waals surface area contributed by atoms with Crippen molar-refractivity contribution in [3.05, 3.63) is 214 Å². The number of benzene rings is 6. The first kappa shape index (κ1) is 57.9. The van der Waals surface area contributed by atoms with Crippen LogP contribution in [0.15, 0.2) is 164 Å². The molecule has 3 fully saturated rings. The number of unbranched alkanes of at least 4 members (excludes halogenated alkanes) is 1. The molecule has 6 aromatic rings. The summed E-state index contributed by atoms with van der Waals surface area (Å²) in [5.74, 6) is 2.18. The van der Waals surface area contributed by atoms with Crippen molar-refractivity contribution in [3.63, 3.8) is 0 Å². The maximum atomic E-state index is 12.8. The fraction of sp³-hybridized carbons (Fsp3) is 0.443. The van der Waals surface area contributed by atoms with E-state index in [4.69, 9.17) is 0 Å². The Hall–Kier alpha value is -5.79. The van der Waals surface area contributed by atoms with Gasteiger partial charge in [0.05, 0.1) is 6.54 Å². The Kier molecular flexibility index (Phi) is 23.5. The van der Waals surface area contributed by atoms with E-state index in [1.165, 1.54) is 91.2 Å². The number of hydrogen-bond acceptors (Lipinski definition) is 6. The Bertz CT molecular complexity index is 2600. The third-order valence-electron chi connectivity index (χ3n) is 16.6. The largest absolute Gasteiger partial charge is 0.314 e. The molecule has 6 aromatic carbocycles. The zero-order valence-electron chi connectivity index (χ0n) is 46.6. The summed E-state index contributed by atoms with van der Waals surface area (Å²) in [4.78, 5) is 40.0. The normalized spacial score (nSPS) is 18.8. The maximum absolute atomic E-state index is 12.8. The van der Waals surface area contributed by atoms with Gasteiger partial charge in [0.1, 0.15) is 0 Å². The predicted molar refractivity (Wildman–Crippen MR) is 317 cm³/mol. The molecule has 6 nitrogen and oxygen atoms in total. The Labute approximate surface area is 457 Å². The minimum Gasteiger partial charge on any atom is -0.314 e. The number of rotatable bonds is 21. The Morgan fingerprint density at radius 3 is 1.53 bits per heavy atom. The molecule has 0 radical (unpaired) electrons. The standard InChI is InChI=1S/C25H33NO.C23H29NO.C22H27NO/c1-3-19-16-22(4-2)24(26-18-19)17-25(27)23-14-12-21(13-15-23)11-10-20-8-6-5-7-9-20;25-23(18-22-12-6-7-17-24-22)21-15-13-20(14-16-21)11-5-4-10-19-8-2-1-3-9-19;1-22(2,19-9-5-3-6-10-19)20-13-11-18(12-14-20)21(24)17-23-15-7-4-8-16-23/h5-9,12-15,19,22,24,26H,3-4,10-11,16-18H2,1-2H3;1-3,8-9,13-16,22,24H,4-7,10-12,17-18H2;3,5-6,9-14H,4,7-8,15-17H2,1-2H3. The number of Topliss-reactive ketones (excluding diaryl/α,β-unsaturated/α-hetero) is 3. The molecule has 0 saturated carbocycles. The second-order valence-electron chi connectivity index (χ2n) is 22.5. The Morgan fingerprint density at radius 2 is 0.987 bits per heavy atom. The molecular weight excluding hydrogens is 931 g/mol. The average Bonchev–Trinajstić information content (AvgIpc) is 3.48. The lowest BCUT2D eigenvalue weighted by molar-refractivity contribution is 0.0912. The van der Waals surface area contributed by atoms with Crippen molar-refractivity contribution in [3.8, 4) is 0 Å². The SMILES string of the molecule is CC(C)(c1ccccc1)c1ccc(C(=O)CN2CCCCC2)cc1.CCC1CNC(CC(=O)c2ccc(CCc3ccccc3)cc2)C(CC)C1.O=C(CC1CCCCN1)c1ccc(CCCCc2ccccc2)cc1. The molecule has 76 heavy (non-hydrogen) atoms. The number of likely N-dealkylation sites (tertiary alicyclic amines) is 1. The molecule has 6 heteroatoms. The predicted octanol–water partition coefficient (Wildman–Crippen LogP) is 15.1. The van der Waals surface area contributed by atoms with Crippen molar-refractivity contribution in [2.75, 3.05) is 32.7 Å². The zero-order chi connectivity index (χ0) is 53.4. The zero-order valence-corrected chi connectivity index (χ0v) is 46.6. The minimum atomic E-state index is -0.0598. The van der Waals surface area contributed by atoms with Crippen molar-refractivity contribution in [1.29, 1.82) is 0 Å². The van der Waals surface area contributed by atoms with Gasteiger partial charge in [0.15, 0.2) is 17.3 Å².